The van der Waals surface area contributed by atoms with Gasteiger partial charge in [-0.15, -0.1) is 0 Å². The summed E-state index contributed by atoms with van der Waals surface area (Å²) in [7, 11) is 0. The van der Waals surface area contributed by atoms with Crippen LogP contribution in [0.25, 0.3) is 0 Å². The lowest BCUT2D eigenvalue weighted by Crippen LogP contribution is -2.38. The average Bonchev–Trinajstić information content (AvgIpc) is 2.12. The van der Waals surface area contributed by atoms with Crippen LogP contribution >= 0.6 is 0 Å². The molecule has 13 heavy (non-hydrogen) atoms. The van der Waals surface area contributed by atoms with E-state index in [1.807, 2.05) is 6.92 Å². The molecule has 0 fully saturated rings. The number of nitrogens with two attached hydrogens (primary N) is 1. The molecule has 0 aromatic rings. The molecule has 0 aliphatic carbocycles. The Morgan fingerprint density at radius 1 is 1.54 bits per heavy atom. The second-order valence-electron chi connectivity index (χ2n) is 3.06. The molecular weight excluding hydrogens is 170 g/mol. The van der Waals surface area contributed by atoms with Gasteiger partial charge in [0.15, 0.2) is 5.78 Å². The highest BCUT2D eigenvalue weighted by atomic mass is 16.4. The Morgan fingerprint density at radius 3 is 2.31 bits per heavy atom. The van der Waals surface area contributed by atoms with Crippen molar-refractivity contribution >= 4 is 11.8 Å². The number of carboxylic acids is 1. The molecule has 0 saturated carbocycles. The highest BCUT2D eigenvalue weighted by Crippen LogP contribution is 2.09. The monoisotopic (exact) mass is 185 g/mol. The molecule has 0 aliphatic heterocycles. The molecule has 74 valence electrons. The zero-order chi connectivity index (χ0) is 10.6. The summed E-state index contributed by atoms with van der Waals surface area (Å²) in [5, 5.41) is 8.48. The van der Waals surface area contributed by atoms with Gasteiger partial charge in [-0.3, -0.25) is 4.79 Å². The van der Waals surface area contributed by atoms with Crippen LogP contribution < -0.4 is 5.73 Å². The van der Waals surface area contributed by atoms with Crippen molar-refractivity contribution in [3.63, 3.8) is 0 Å². The Morgan fingerprint density at radius 2 is 2.00 bits per heavy atom. The third kappa shape index (κ3) is 2.99. The van der Waals surface area contributed by atoms with E-state index in [4.69, 9.17) is 10.8 Å². The van der Waals surface area contributed by atoms with Gasteiger partial charge in [0.1, 0.15) is 0 Å². The molecule has 0 heterocycles. The first-order valence-corrected chi connectivity index (χ1v) is 4.13. The van der Waals surface area contributed by atoms with E-state index in [2.05, 4.69) is 6.58 Å². The van der Waals surface area contributed by atoms with Crippen molar-refractivity contribution < 1.29 is 14.7 Å². The van der Waals surface area contributed by atoms with Gasteiger partial charge >= 0.3 is 5.97 Å². The van der Waals surface area contributed by atoms with E-state index in [0.717, 1.165) is 6.42 Å². The molecule has 0 aromatic heterocycles. The van der Waals surface area contributed by atoms with Gasteiger partial charge in [-0.2, -0.15) is 0 Å². The molecule has 3 N–H and O–H groups in total. The van der Waals surface area contributed by atoms with Crippen molar-refractivity contribution in [2.45, 2.75) is 26.3 Å². The van der Waals surface area contributed by atoms with Crippen LogP contribution in [0.3, 0.4) is 0 Å². The van der Waals surface area contributed by atoms with Gasteiger partial charge in [0, 0.05) is 0 Å². The molecule has 4 nitrogen and oxygen atoms in total. The lowest BCUT2D eigenvalue weighted by Gasteiger charge is -2.16. The quantitative estimate of drug-likeness (QED) is 0.373. The fourth-order valence-electron chi connectivity index (χ4n) is 0.819. The van der Waals surface area contributed by atoms with Crippen LogP contribution in [0, 0.1) is 5.92 Å². The van der Waals surface area contributed by atoms with E-state index in [1.54, 1.807) is 6.92 Å². The molecule has 0 aliphatic rings. The molecule has 0 bridgehead atoms. The van der Waals surface area contributed by atoms with Crippen molar-refractivity contribution in [3.8, 4) is 0 Å². The summed E-state index contributed by atoms with van der Waals surface area (Å²) in [6.45, 7) is 6.86. The molecule has 0 saturated heterocycles. The molecule has 0 aromatic carbocycles. The summed E-state index contributed by atoms with van der Waals surface area (Å²) in [5.41, 5.74) is 5.10. The molecule has 0 spiro atoms. The van der Waals surface area contributed by atoms with E-state index in [1.165, 1.54) is 0 Å². The van der Waals surface area contributed by atoms with Crippen molar-refractivity contribution in [3.05, 3.63) is 12.2 Å². The van der Waals surface area contributed by atoms with Crippen molar-refractivity contribution in [2.75, 3.05) is 0 Å². The van der Waals surface area contributed by atoms with Crippen molar-refractivity contribution in [1.29, 1.82) is 0 Å². The fraction of sp³-hybridized carbons (Fsp3) is 0.556. The van der Waals surface area contributed by atoms with Crippen LogP contribution in [0.5, 0.6) is 0 Å². The summed E-state index contributed by atoms with van der Waals surface area (Å²) in [6.07, 6.45) is 0.736. The highest BCUT2D eigenvalue weighted by molar-refractivity contribution is 6.18. The number of carboxylic acid groups (broad SMARTS) is 1. The zero-order valence-electron chi connectivity index (χ0n) is 7.91. The molecule has 0 radical (unpaired) electrons. The summed E-state index contributed by atoms with van der Waals surface area (Å²) in [6, 6.07) is -0.756. The van der Waals surface area contributed by atoms with E-state index >= 15 is 0 Å². The standard InChI is InChI=1S/C9H15NO3/c1-4-5(2)7(10)8(11)6(3)9(12)13/h5,7H,3-4,10H2,1-2H3,(H,12,13)/t5?,7-/m0/s1. The Balaban J connectivity index is 4.43. The van der Waals surface area contributed by atoms with Gasteiger partial charge < -0.3 is 10.8 Å². The Hall–Kier alpha value is -1.16. The van der Waals surface area contributed by atoms with E-state index in [0.29, 0.717) is 0 Å². The minimum Gasteiger partial charge on any atom is -0.478 e. The maximum Gasteiger partial charge on any atom is 0.338 e. The van der Waals surface area contributed by atoms with E-state index < -0.39 is 23.4 Å². The number of carbonyl (C=O) groups excluding carboxylic acids is 1. The van der Waals surface area contributed by atoms with E-state index in [-0.39, 0.29) is 5.92 Å². The summed E-state index contributed by atoms with van der Waals surface area (Å²) in [4.78, 5) is 21.7. The summed E-state index contributed by atoms with van der Waals surface area (Å²) < 4.78 is 0. The number of Topliss-reactive ketones (excluding diaryl/α,β-unsaturated/α-hetero) is 1. The second kappa shape index (κ2) is 4.77. The number of aliphatic carboxylic acids is 1. The number of rotatable bonds is 5. The maximum absolute atomic E-state index is 11.3. The molecule has 0 rings (SSSR count). The number of ketones is 1. The lowest BCUT2D eigenvalue weighted by molar-refractivity contribution is -0.135. The second-order valence-corrected chi connectivity index (χ2v) is 3.06. The first kappa shape index (κ1) is 11.8. The predicted octanol–water partition coefficient (Wildman–Crippen LogP) is 0.570. The summed E-state index contributed by atoms with van der Waals surface area (Å²) >= 11 is 0. The molecule has 4 heteroatoms. The van der Waals surface area contributed by atoms with Crippen LogP contribution in [0.2, 0.25) is 0 Å². The average molecular weight is 185 g/mol. The smallest absolute Gasteiger partial charge is 0.338 e. The molecule has 2 atom stereocenters. The van der Waals surface area contributed by atoms with Crippen LogP contribution in [-0.4, -0.2) is 22.9 Å². The lowest BCUT2D eigenvalue weighted by atomic mass is 9.93. The fourth-order valence-corrected chi connectivity index (χ4v) is 0.819. The first-order chi connectivity index (χ1) is 5.91. The zero-order valence-corrected chi connectivity index (χ0v) is 7.91. The van der Waals surface area contributed by atoms with Crippen LogP contribution in [0.15, 0.2) is 12.2 Å². The van der Waals surface area contributed by atoms with Gasteiger partial charge in [0.25, 0.3) is 0 Å². The van der Waals surface area contributed by atoms with Gasteiger partial charge in [-0.25, -0.2) is 4.79 Å². The van der Waals surface area contributed by atoms with Gasteiger partial charge in [0.2, 0.25) is 0 Å². The normalized spacial score (nSPS) is 14.7. The minimum atomic E-state index is -1.30. The SMILES string of the molecule is C=C(C(=O)O)C(=O)[C@@H](N)C(C)CC. The minimum absolute atomic E-state index is 0.0244. The van der Waals surface area contributed by atoms with Crippen molar-refractivity contribution in [1.82, 2.24) is 0 Å². The largest absolute Gasteiger partial charge is 0.478 e. The van der Waals surface area contributed by atoms with Crippen LogP contribution in [0.1, 0.15) is 20.3 Å². The topological polar surface area (TPSA) is 80.4 Å². The Kier molecular flexibility index (Phi) is 4.34. The number of hydrogen-bond acceptors (Lipinski definition) is 3. The van der Waals surface area contributed by atoms with E-state index in [9.17, 15) is 9.59 Å². The number of hydrogen-bond donors (Lipinski definition) is 2. The van der Waals surface area contributed by atoms with Crippen LogP contribution in [-0.2, 0) is 9.59 Å². The maximum atomic E-state index is 11.3. The number of carbonyl (C=O) groups is 2. The molecule has 1 unspecified atom stereocenters. The molecular formula is C9H15NO3. The summed E-state index contributed by atoms with van der Waals surface area (Å²) in [5.74, 6) is -1.91. The third-order valence-corrected chi connectivity index (χ3v) is 2.12. The van der Waals surface area contributed by atoms with Crippen molar-refractivity contribution in [2.24, 2.45) is 11.7 Å². The van der Waals surface area contributed by atoms with Gasteiger partial charge in [-0.1, -0.05) is 26.8 Å². The highest BCUT2D eigenvalue weighted by Gasteiger charge is 2.24. The Labute approximate surface area is 77.4 Å². The van der Waals surface area contributed by atoms with Gasteiger partial charge in [-0.05, 0) is 5.92 Å². The molecule has 0 amide bonds. The van der Waals surface area contributed by atoms with Crippen LogP contribution in [0.4, 0.5) is 0 Å². The third-order valence-electron chi connectivity index (χ3n) is 2.12. The van der Waals surface area contributed by atoms with Gasteiger partial charge in [0.05, 0.1) is 11.6 Å². The first-order valence-electron chi connectivity index (χ1n) is 4.13. The Bertz CT molecular complexity index is 235. The predicted molar refractivity (Wildman–Crippen MR) is 49.2 cm³/mol.